The second-order valence-electron chi connectivity index (χ2n) is 5.97. The Morgan fingerprint density at radius 3 is 1.13 bits per heavy atom. The first-order valence-corrected chi connectivity index (χ1v) is 11.1. The van der Waals surface area contributed by atoms with E-state index in [0.29, 0.717) is 0 Å². The van der Waals surface area contributed by atoms with Crippen LogP contribution >= 0.6 is 0 Å². The van der Waals surface area contributed by atoms with Crippen LogP contribution in [0.15, 0.2) is 0 Å². The van der Waals surface area contributed by atoms with E-state index in [4.69, 9.17) is 0 Å². The van der Waals surface area contributed by atoms with Crippen molar-refractivity contribution in [1.29, 1.82) is 0 Å². The van der Waals surface area contributed by atoms with Gasteiger partial charge in [-0.1, -0.05) is 0 Å². The molecule has 31 heavy (non-hydrogen) atoms. The van der Waals surface area contributed by atoms with Crippen LogP contribution in [0.1, 0.15) is 27.7 Å². The van der Waals surface area contributed by atoms with E-state index in [-0.39, 0.29) is 0 Å². The van der Waals surface area contributed by atoms with Crippen LogP contribution in [0.5, 0.6) is 0 Å². The van der Waals surface area contributed by atoms with Gasteiger partial charge in [0.1, 0.15) is 0 Å². The maximum atomic E-state index is 14.6. The van der Waals surface area contributed by atoms with Crippen LogP contribution in [0.3, 0.4) is 0 Å². The Hall–Kier alpha value is -0.316. The summed E-state index contributed by atoms with van der Waals surface area (Å²) in [4.78, 5) is 0. The van der Waals surface area contributed by atoms with E-state index in [2.05, 4.69) is 9.96 Å². The average molecular weight is 530 g/mol. The van der Waals surface area contributed by atoms with Crippen molar-refractivity contribution in [2.45, 2.75) is 67.7 Å². The van der Waals surface area contributed by atoms with Crippen LogP contribution in [-0.2, 0) is 27.7 Å². The minimum absolute atomic E-state index is 0.450. The number of alkyl halides is 13. The van der Waals surface area contributed by atoms with Crippen LogP contribution in [-0.4, -0.2) is 59.8 Å². The van der Waals surface area contributed by atoms with Crippen molar-refractivity contribution < 1.29 is 84.8 Å². The van der Waals surface area contributed by atoms with Gasteiger partial charge in [-0.2, -0.15) is 0 Å². The zero-order valence-electron chi connectivity index (χ0n) is 16.3. The van der Waals surface area contributed by atoms with Gasteiger partial charge in [0.15, 0.2) is 0 Å². The summed E-state index contributed by atoms with van der Waals surface area (Å²) in [5.74, 6) is -37.3. The predicted molar refractivity (Wildman–Crippen MR) is 75.1 cm³/mol. The summed E-state index contributed by atoms with van der Waals surface area (Å²) in [5.41, 5.74) is 0. The number of hydrogen-bond donors (Lipinski definition) is 0. The van der Waals surface area contributed by atoms with Crippen LogP contribution in [0, 0.1) is 0 Å². The van der Waals surface area contributed by atoms with E-state index in [1.54, 1.807) is 0 Å². The van der Waals surface area contributed by atoms with Gasteiger partial charge in [-0.15, -0.1) is 0 Å². The molecule has 0 saturated carbocycles. The summed E-state index contributed by atoms with van der Waals surface area (Å²) < 4.78 is 186. The van der Waals surface area contributed by atoms with Crippen molar-refractivity contribution in [2.75, 3.05) is 19.8 Å². The van der Waals surface area contributed by atoms with Gasteiger partial charge in [0.05, 0.1) is 0 Å². The molecule has 1 unspecified atom stereocenters. The summed E-state index contributed by atoms with van der Waals surface area (Å²) in [6.07, 6.45) is -4.25. The molecule has 0 aliphatic rings. The van der Waals surface area contributed by atoms with Crippen molar-refractivity contribution in [2.24, 2.45) is 0 Å². The molecule has 1 atom stereocenters. The molecule has 188 valence electrons. The van der Waals surface area contributed by atoms with Gasteiger partial charge in [-0.05, 0) is 0 Å². The van der Waals surface area contributed by atoms with Gasteiger partial charge in [0.2, 0.25) is 0 Å². The molecule has 0 fully saturated rings. The third-order valence-electron chi connectivity index (χ3n) is 3.88. The third kappa shape index (κ3) is 4.43. The van der Waals surface area contributed by atoms with Crippen molar-refractivity contribution >= 4 is 0 Å². The number of rotatable bonds is 13. The zero-order valence-corrected chi connectivity index (χ0v) is 17.9. The molecule has 17 heteroatoms. The number of hydrogen-bond acceptors (Lipinski definition) is 3. The predicted octanol–water partition coefficient (Wildman–Crippen LogP) is 6.12. The van der Waals surface area contributed by atoms with E-state index >= 15 is 0 Å². The molecule has 0 heterocycles. The molecule has 0 spiro atoms. The Morgan fingerprint density at radius 2 is 0.871 bits per heavy atom. The maximum absolute atomic E-state index is 14.6. The summed E-state index contributed by atoms with van der Waals surface area (Å²) in [5, 5.41) is 0. The molecule has 3 nitrogen and oxygen atoms in total. The molecule has 0 aromatic carbocycles. The fourth-order valence-corrected chi connectivity index (χ4v) is 6.08. The van der Waals surface area contributed by atoms with E-state index < -0.39 is 84.5 Å². The van der Waals surface area contributed by atoms with Gasteiger partial charge >= 0.3 is 172 Å². The van der Waals surface area contributed by atoms with E-state index in [0.717, 1.165) is 20.8 Å². The Bertz CT molecular complexity index is 581. The molecule has 0 radical (unpaired) electrons. The fraction of sp³-hybridized carbons (Fsp3) is 1.00. The van der Waals surface area contributed by atoms with Gasteiger partial charge in [-0.3, -0.25) is 0 Å². The zero-order chi connectivity index (χ0) is 25.3. The number of halogens is 13. The van der Waals surface area contributed by atoms with Crippen molar-refractivity contribution in [3.8, 4) is 0 Å². The monoisotopic (exact) mass is 530 g/mol. The first kappa shape index (κ1) is 30.7. The summed E-state index contributed by atoms with van der Waals surface area (Å²) >= 11 is -7.03. The Morgan fingerprint density at radius 1 is 0.581 bits per heavy atom. The Kier molecular flexibility index (Phi) is 9.41. The topological polar surface area (TPSA) is 27.7 Å². The van der Waals surface area contributed by atoms with Crippen molar-refractivity contribution in [1.82, 2.24) is 0 Å². The van der Waals surface area contributed by atoms with Gasteiger partial charge in [0.25, 0.3) is 0 Å². The van der Waals surface area contributed by atoms with Crippen molar-refractivity contribution in [3.05, 3.63) is 0 Å². The van der Waals surface area contributed by atoms with Crippen molar-refractivity contribution in [3.63, 3.8) is 0 Å². The standard InChI is InChI=1S/C8H4F13.3C2H5O.Ti/c1-2(9)4(12,13)6(16,17)8(20,21)7(18,19)5(14,15)3(10)11;3*1-2-3;/h2H,1H3;3*2H2,1H3;/q;3*-1;+3. The van der Waals surface area contributed by atoms with Crippen LogP contribution in [0.25, 0.3) is 0 Å². The van der Waals surface area contributed by atoms with Gasteiger partial charge in [-0.25, -0.2) is 0 Å². The summed E-state index contributed by atoms with van der Waals surface area (Å²) in [7, 11) is 0. The van der Waals surface area contributed by atoms with E-state index in [1.165, 1.54) is 0 Å². The first-order valence-electron chi connectivity index (χ1n) is 8.45. The molecule has 0 saturated heterocycles. The molecule has 0 aliphatic heterocycles. The molecule has 0 aromatic rings. The van der Waals surface area contributed by atoms with E-state index in [9.17, 15) is 57.1 Å². The molecule has 0 aliphatic carbocycles. The SMILES string of the molecule is CC[O][Ti]([O]CC)([O]CC)[C](F)(F)C(F)(F)C(F)(F)C(F)(F)C(F)(F)C(F)(F)C(C)F. The molecular formula is C14H19F13O3Ti. The molecular weight excluding hydrogens is 511 g/mol. The quantitative estimate of drug-likeness (QED) is 0.212. The van der Waals surface area contributed by atoms with Gasteiger partial charge in [0, 0.05) is 0 Å². The molecule has 0 aromatic heterocycles. The average Bonchev–Trinajstić information content (AvgIpc) is 2.61. The molecule has 0 N–H and O–H groups in total. The fourth-order valence-electron chi connectivity index (χ4n) is 2.21. The van der Waals surface area contributed by atoms with Crippen LogP contribution < -0.4 is 0 Å². The molecule has 0 amide bonds. The van der Waals surface area contributed by atoms with Crippen LogP contribution in [0.4, 0.5) is 57.1 Å². The summed E-state index contributed by atoms with van der Waals surface area (Å²) in [6, 6.07) is 0. The second kappa shape index (κ2) is 9.51. The summed E-state index contributed by atoms with van der Waals surface area (Å²) in [6.45, 7) is -0.624. The second-order valence-corrected chi connectivity index (χ2v) is 10.0. The molecule has 0 bridgehead atoms. The van der Waals surface area contributed by atoms with Gasteiger partial charge < -0.3 is 0 Å². The Labute approximate surface area is 173 Å². The molecule has 0 rings (SSSR count). The minimum atomic E-state index is -7.87. The van der Waals surface area contributed by atoms with E-state index in [1.807, 2.05) is 0 Å². The van der Waals surface area contributed by atoms with Crippen LogP contribution in [0.2, 0.25) is 0 Å². The third-order valence-corrected chi connectivity index (χ3v) is 8.71. The first-order chi connectivity index (χ1) is 13.6. The Balaban J connectivity index is 6.85. The normalized spacial score (nSPS) is 16.5.